The highest BCUT2D eigenvalue weighted by molar-refractivity contribution is 14.0. The van der Waals surface area contributed by atoms with E-state index in [-0.39, 0.29) is 29.9 Å². The van der Waals surface area contributed by atoms with Crippen LogP contribution in [0.2, 0.25) is 0 Å². The Kier molecular flexibility index (Phi) is 8.95. The zero-order valence-corrected chi connectivity index (χ0v) is 21.4. The highest BCUT2D eigenvalue weighted by Gasteiger charge is 2.29. The topological polar surface area (TPSA) is 65.8 Å². The monoisotopic (exact) mass is 550 g/mol. The Hall–Kier alpha value is -2.10. The highest BCUT2D eigenvalue weighted by atomic mass is 127. The van der Waals surface area contributed by atoms with Gasteiger partial charge in [0.1, 0.15) is 0 Å². The molecule has 2 aliphatic heterocycles. The first kappa shape index (κ1) is 24.5. The summed E-state index contributed by atoms with van der Waals surface area (Å²) in [5.41, 5.74) is 1.88. The van der Waals surface area contributed by atoms with Gasteiger partial charge in [0.2, 0.25) is 0 Å². The molecule has 0 bridgehead atoms. The molecule has 174 valence electrons. The fourth-order valence-corrected chi connectivity index (χ4v) is 4.70. The fraction of sp³-hybridized carbons (Fsp3) is 0.542. The zero-order valence-electron chi connectivity index (χ0n) is 19.1. The molecule has 0 spiro atoms. The van der Waals surface area contributed by atoms with Gasteiger partial charge >= 0.3 is 0 Å². The van der Waals surface area contributed by atoms with Crippen molar-refractivity contribution in [2.24, 2.45) is 10.9 Å². The van der Waals surface area contributed by atoms with Gasteiger partial charge in [0.15, 0.2) is 5.96 Å². The molecule has 1 amide bonds. The number of likely N-dealkylation sites (tertiary alicyclic amines) is 2. The molecule has 2 saturated heterocycles. The molecule has 2 aromatic rings. The van der Waals surface area contributed by atoms with Gasteiger partial charge in [0, 0.05) is 57.7 Å². The molecule has 0 radical (unpaired) electrons. The number of nitrogens with zero attached hydrogens (tertiary/aromatic N) is 5. The van der Waals surface area contributed by atoms with E-state index in [4.69, 9.17) is 0 Å². The van der Waals surface area contributed by atoms with Crippen LogP contribution in [-0.2, 0) is 6.54 Å². The molecule has 4 rings (SSSR count). The third kappa shape index (κ3) is 5.82. The van der Waals surface area contributed by atoms with E-state index in [0.29, 0.717) is 18.5 Å². The van der Waals surface area contributed by atoms with Crippen molar-refractivity contribution in [1.29, 1.82) is 0 Å². The number of rotatable bonds is 4. The number of piperidine rings is 2. The number of imidazole rings is 1. The molecule has 7 nitrogen and oxygen atoms in total. The standard InChI is InChI=1S/C24H34N6O.HI/c1-19-9-13-29(17-22(19)30-14-10-26-18-30)24(25-2)27-16-20-7-6-8-21(15-20)23(31)28-11-4-3-5-12-28;/h6-8,10,14-15,18-19,22H,3-5,9,11-13,16-17H2,1-2H3,(H,25,27);1H. The lowest BCUT2D eigenvalue weighted by molar-refractivity contribution is 0.0724. The second-order valence-corrected chi connectivity index (χ2v) is 8.74. The Bertz CT molecular complexity index is 894. The number of benzene rings is 1. The van der Waals surface area contributed by atoms with Crippen molar-refractivity contribution >= 4 is 35.8 Å². The number of carbonyl (C=O) groups excluding carboxylic acids is 1. The van der Waals surface area contributed by atoms with Gasteiger partial charge in [-0.05, 0) is 49.3 Å². The summed E-state index contributed by atoms with van der Waals surface area (Å²) < 4.78 is 2.21. The summed E-state index contributed by atoms with van der Waals surface area (Å²) in [6.07, 6.45) is 10.4. The first-order valence-electron chi connectivity index (χ1n) is 11.5. The molecule has 1 aromatic carbocycles. The van der Waals surface area contributed by atoms with Crippen LogP contribution >= 0.6 is 24.0 Å². The normalized spacial score (nSPS) is 21.8. The van der Waals surface area contributed by atoms with Gasteiger partial charge < -0.3 is 19.7 Å². The maximum Gasteiger partial charge on any atom is 0.253 e. The van der Waals surface area contributed by atoms with Gasteiger partial charge in [-0.15, -0.1) is 24.0 Å². The summed E-state index contributed by atoms with van der Waals surface area (Å²) in [6.45, 7) is 6.60. The van der Waals surface area contributed by atoms with Gasteiger partial charge in [-0.1, -0.05) is 19.1 Å². The number of aliphatic imine (C=N–C) groups is 1. The van der Waals surface area contributed by atoms with Crippen molar-refractivity contribution in [2.75, 3.05) is 33.2 Å². The Balaban J connectivity index is 0.00000289. The summed E-state index contributed by atoms with van der Waals surface area (Å²) >= 11 is 0. The quantitative estimate of drug-likeness (QED) is 0.358. The number of hydrogen-bond donors (Lipinski definition) is 1. The average Bonchev–Trinajstić information content (AvgIpc) is 3.35. The van der Waals surface area contributed by atoms with Gasteiger partial charge in [0.05, 0.1) is 12.4 Å². The molecule has 0 aliphatic carbocycles. The largest absolute Gasteiger partial charge is 0.352 e. The van der Waals surface area contributed by atoms with E-state index in [0.717, 1.165) is 62.5 Å². The molecule has 8 heteroatoms. The van der Waals surface area contributed by atoms with Crippen LogP contribution < -0.4 is 5.32 Å². The minimum Gasteiger partial charge on any atom is -0.352 e. The molecule has 2 unspecified atom stereocenters. The number of amides is 1. The molecule has 1 N–H and O–H groups in total. The SMILES string of the molecule is CN=C(NCc1cccc(C(=O)N2CCCCC2)c1)N1CCC(C)C(n2ccnc2)C1.I. The van der Waals surface area contributed by atoms with Crippen molar-refractivity contribution in [2.45, 2.75) is 45.2 Å². The molecule has 32 heavy (non-hydrogen) atoms. The first-order chi connectivity index (χ1) is 15.2. The number of nitrogens with one attached hydrogen (secondary N) is 1. The molecular weight excluding hydrogens is 515 g/mol. The Morgan fingerprint density at radius 1 is 1.19 bits per heavy atom. The predicted molar refractivity (Wildman–Crippen MR) is 138 cm³/mol. The molecule has 2 fully saturated rings. The molecule has 3 heterocycles. The summed E-state index contributed by atoms with van der Waals surface area (Å²) in [7, 11) is 1.84. The van der Waals surface area contributed by atoms with Crippen molar-refractivity contribution in [3.8, 4) is 0 Å². The van der Waals surface area contributed by atoms with E-state index in [9.17, 15) is 4.79 Å². The van der Waals surface area contributed by atoms with Crippen molar-refractivity contribution in [1.82, 2.24) is 24.7 Å². The van der Waals surface area contributed by atoms with E-state index >= 15 is 0 Å². The van der Waals surface area contributed by atoms with Crippen LogP contribution in [0.25, 0.3) is 0 Å². The molecule has 0 saturated carbocycles. The highest BCUT2D eigenvalue weighted by Crippen LogP contribution is 2.27. The fourth-order valence-electron chi connectivity index (χ4n) is 4.70. The minimum absolute atomic E-state index is 0. The Morgan fingerprint density at radius 2 is 2.00 bits per heavy atom. The minimum atomic E-state index is 0. The number of carbonyl (C=O) groups is 1. The predicted octanol–water partition coefficient (Wildman–Crippen LogP) is 3.79. The second kappa shape index (κ2) is 11.7. The number of hydrogen-bond acceptors (Lipinski definition) is 3. The van der Waals surface area contributed by atoms with E-state index in [1.807, 2.05) is 48.9 Å². The number of guanidine groups is 1. The van der Waals surface area contributed by atoms with Crippen LogP contribution in [0.1, 0.15) is 54.6 Å². The van der Waals surface area contributed by atoms with Crippen molar-refractivity contribution in [3.63, 3.8) is 0 Å². The van der Waals surface area contributed by atoms with Crippen LogP contribution in [0.15, 0.2) is 48.0 Å². The van der Waals surface area contributed by atoms with E-state index < -0.39 is 0 Å². The zero-order chi connectivity index (χ0) is 21.6. The van der Waals surface area contributed by atoms with E-state index in [1.165, 1.54) is 6.42 Å². The Morgan fingerprint density at radius 3 is 2.72 bits per heavy atom. The summed E-state index contributed by atoms with van der Waals surface area (Å²) in [5, 5.41) is 3.51. The van der Waals surface area contributed by atoms with Gasteiger partial charge in [0.25, 0.3) is 5.91 Å². The third-order valence-electron chi connectivity index (χ3n) is 6.61. The van der Waals surface area contributed by atoms with Gasteiger partial charge in [-0.2, -0.15) is 0 Å². The lowest BCUT2D eigenvalue weighted by Crippen LogP contribution is -2.48. The maximum absolute atomic E-state index is 12.8. The molecule has 2 atom stereocenters. The average molecular weight is 550 g/mol. The third-order valence-corrected chi connectivity index (χ3v) is 6.61. The Labute approximate surface area is 208 Å². The molecule has 1 aromatic heterocycles. The molecule has 2 aliphatic rings. The van der Waals surface area contributed by atoms with E-state index in [2.05, 4.69) is 37.8 Å². The lowest BCUT2D eigenvalue weighted by atomic mass is 9.93. The van der Waals surface area contributed by atoms with Crippen molar-refractivity contribution < 1.29 is 4.79 Å². The molecular formula is C24H35IN6O. The van der Waals surface area contributed by atoms with Gasteiger partial charge in [-0.25, -0.2) is 4.98 Å². The van der Waals surface area contributed by atoms with Crippen LogP contribution in [-0.4, -0.2) is 64.4 Å². The summed E-state index contributed by atoms with van der Waals surface area (Å²) in [5.74, 6) is 1.66. The summed E-state index contributed by atoms with van der Waals surface area (Å²) in [6, 6.07) is 8.38. The smallest absolute Gasteiger partial charge is 0.253 e. The van der Waals surface area contributed by atoms with Crippen LogP contribution in [0.5, 0.6) is 0 Å². The van der Waals surface area contributed by atoms with Crippen molar-refractivity contribution in [3.05, 3.63) is 54.1 Å². The first-order valence-corrected chi connectivity index (χ1v) is 11.5. The van der Waals surface area contributed by atoms with Crippen LogP contribution in [0.4, 0.5) is 0 Å². The van der Waals surface area contributed by atoms with Crippen LogP contribution in [0.3, 0.4) is 0 Å². The maximum atomic E-state index is 12.8. The summed E-state index contributed by atoms with van der Waals surface area (Å²) in [4.78, 5) is 25.9. The van der Waals surface area contributed by atoms with Gasteiger partial charge in [-0.3, -0.25) is 9.79 Å². The van der Waals surface area contributed by atoms with E-state index in [1.54, 1.807) is 0 Å². The second-order valence-electron chi connectivity index (χ2n) is 8.74. The number of aromatic nitrogens is 2. The lowest BCUT2D eigenvalue weighted by Gasteiger charge is -2.39. The van der Waals surface area contributed by atoms with Crippen LogP contribution in [0, 0.1) is 5.92 Å². The number of halogens is 1.